The molecule has 0 atom stereocenters. The van der Waals surface area contributed by atoms with Gasteiger partial charge in [-0.25, -0.2) is 8.42 Å². The molecule has 8 nitrogen and oxygen atoms in total. The summed E-state index contributed by atoms with van der Waals surface area (Å²) in [6.07, 6.45) is 0.991. The van der Waals surface area contributed by atoms with Crippen LogP contribution >= 0.6 is 0 Å². The van der Waals surface area contributed by atoms with Crippen LogP contribution in [0.5, 0.6) is 0 Å². The lowest BCUT2D eigenvalue weighted by atomic mass is 10.2. The van der Waals surface area contributed by atoms with Crippen molar-refractivity contribution in [2.24, 2.45) is 0 Å². The number of hydrogen-bond donors (Lipinski definition) is 2. The fourth-order valence-electron chi connectivity index (χ4n) is 2.32. The molecule has 0 saturated heterocycles. The SMILES string of the molecule is CC(=O)Nc1ccc(N(CC(=O)Nc2ccccc2C#N)S(C)(=O)=O)cc1. The predicted molar refractivity (Wildman–Crippen MR) is 103 cm³/mol. The lowest BCUT2D eigenvalue weighted by Crippen LogP contribution is -2.37. The maximum absolute atomic E-state index is 12.3. The molecular weight excluding hydrogens is 368 g/mol. The predicted octanol–water partition coefficient (Wildman–Crippen LogP) is 1.92. The fraction of sp³-hybridized carbons (Fsp3) is 0.167. The fourth-order valence-corrected chi connectivity index (χ4v) is 3.18. The van der Waals surface area contributed by atoms with Crippen molar-refractivity contribution in [3.63, 3.8) is 0 Å². The van der Waals surface area contributed by atoms with Crippen molar-refractivity contribution in [3.05, 3.63) is 54.1 Å². The van der Waals surface area contributed by atoms with E-state index in [1.165, 1.54) is 31.2 Å². The molecule has 9 heteroatoms. The number of benzene rings is 2. The van der Waals surface area contributed by atoms with Gasteiger partial charge in [-0.2, -0.15) is 5.26 Å². The Bertz CT molecular complexity index is 995. The second-order valence-electron chi connectivity index (χ2n) is 5.70. The van der Waals surface area contributed by atoms with Crippen LogP contribution in [0.3, 0.4) is 0 Å². The van der Waals surface area contributed by atoms with Crippen molar-refractivity contribution < 1.29 is 18.0 Å². The Morgan fingerprint density at radius 2 is 1.70 bits per heavy atom. The van der Waals surface area contributed by atoms with Gasteiger partial charge in [-0.1, -0.05) is 12.1 Å². The zero-order valence-electron chi connectivity index (χ0n) is 14.8. The maximum Gasteiger partial charge on any atom is 0.245 e. The van der Waals surface area contributed by atoms with E-state index < -0.39 is 22.5 Å². The summed E-state index contributed by atoms with van der Waals surface area (Å²) >= 11 is 0. The van der Waals surface area contributed by atoms with Crippen molar-refractivity contribution in [1.29, 1.82) is 5.26 Å². The van der Waals surface area contributed by atoms with E-state index in [1.54, 1.807) is 24.3 Å². The van der Waals surface area contributed by atoms with Gasteiger partial charge in [0.05, 0.1) is 23.2 Å². The Morgan fingerprint density at radius 3 is 2.26 bits per heavy atom. The molecule has 0 fully saturated rings. The molecule has 0 aliphatic rings. The highest BCUT2D eigenvalue weighted by Crippen LogP contribution is 2.21. The number of hydrogen-bond acceptors (Lipinski definition) is 5. The van der Waals surface area contributed by atoms with Crippen LogP contribution < -0.4 is 14.9 Å². The molecule has 0 aromatic heterocycles. The molecule has 2 amide bonds. The van der Waals surface area contributed by atoms with E-state index in [2.05, 4.69) is 10.6 Å². The minimum absolute atomic E-state index is 0.252. The molecule has 27 heavy (non-hydrogen) atoms. The number of nitrogens with one attached hydrogen (secondary N) is 2. The molecular formula is C18H18N4O4S. The van der Waals surface area contributed by atoms with Crippen LogP contribution in [0.2, 0.25) is 0 Å². The molecule has 0 aliphatic heterocycles. The Morgan fingerprint density at radius 1 is 1.07 bits per heavy atom. The van der Waals surface area contributed by atoms with Gasteiger partial charge < -0.3 is 10.6 Å². The topological polar surface area (TPSA) is 119 Å². The van der Waals surface area contributed by atoms with Crippen LogP contribution in [0.4, 0.5) is 17.1 Å². The first-order valence-corrected chi connectivity index (χ1v) is 9.70. The molecule has 2 aromatic rings. The van der Waals surface area contributed by atoms with E-state index in [0.717, 1.165) is 10.6 Å². The smallest absolute Gasteiger partial charge is 0.245 e. The minimum atomic E-state index is -3.74. The molecule has 140 valence electrons. The first-order chi connectivity index (χ1) is 12.7. The number of nitrogens with zero attached hydrogens (tertiary/aromatic N) is 2. The van der Waals surface area contributed by atoms with Crippen LogP contribution in [-0.4, -0.2) is 33.0 Å². The Balaban J connectivity index is 2.21. The monoisotopic (exact) mass is 386 g/mol. The van der Waals surface area contributed by atoms with Gasteiger partial charge >= 0.3 is 0 Å². The van der Waals surface area contributed by atoms with E-state index in [9.17, 15) is 18.0 Å². The molecule has 2 rings (SSSR count). The summed E-state index contributed by atoms with van der Waals surface area (Å²) in [6, 6.07) is 14.4. The van der Waals surface area contributed by atoms with E-state index in [-0.39, 0.29) is 17.2 Å². The van der Waals surface area contributed by atoms with Gasteiger partial charge in [-0.05, 0) is 36.4 Å². The van der Waals surface area contributed by atoms with E-state index >= 15 is 0 Å². The molecule has 2 N–H and O–H groups in total. The molecule has 0 radical (unpaired) electrons. The number of para-hydroxylation sites is 1. The van der Waals surface area contributed by atoms with Gasteiger partial charge in [-0.15, -0.1) is 0 Å². The first kappa shape index (κ1) is 19.9. The molecule has 0 aliphatic carbocycles. The zero-order valence-corrected chi connectivity index (χ0v) is 15.6. The number of carbonyl (C=O) groups is 2. The molecule has 0 unspecified atom stereocenters. The number of anilines is 3. The van der Waals surface area contributed by atoms with Crippen molar-refractivity contribution in [3.8, 4) is 6.07 Å². The third-order valence-corrected chi connectivity index (χ3v) is 4.63. The van der Waals surface area contributed by atoms with Gasteiger partial charge in [0.1, 0.15) is 12.6 Å². The van der Waals surface area contributed by atoms with E-state index in [4.69, 9.17) is 5.26 Å². The standard InChI is InChI=1S/C18H18N4O4S/c1-13(23)20-15-7-9-16(10-8-15)22(27(2,25)26)12-18(24)21-17-6-4-3-5-14(17)11-19/h3-10H,12H2,1-2H3,(H,20,23)(H,21,24). The normalized spacial score (nSPS) is 10.6. The minimum Gasteiger partial charge on any atom is -0.326 e. The molecule has 0 bridgehead atoms. The Labute approximate surface area is 157 Å². The summed E-state index contributed by atoms with van der Waals surface area (Å²) in [4.78, 5) is 23.4. The van der Waals surface area contributed by atoms with Crippen LogP contribution in [-0.2, 0) is 19.6 Å². The zero-order chi connectivity index (χ0) is 20.0. The van der Waals surface area contributed by atoms with Gasteiger partial charge in [-0.3, -0.25) is 13.9 Å². The maximum atomic E-state index is 12.3. The second kappa shape index (κ2) is 8.33. The third kappa shape index (κ3) is 5.55. The quantitative estimate of drug-likeness (QED) is 0.786. The second-order valence-corrected chi connectivity index (χ2v) is 7.61. The lowest BCUT2D eigenvalue weighted by Gasteiger charge is -2.22. The van der Waals surface area contributed by atoms with E-state index in [0.29, 0.717) is 11.4 Å². The van der Waals surface area contributed by atoms with Gasteiger partial charge in [0.2, 0.25) is 21.8 Å². The Hall–Kier alpha value is -3.38. The number of amides is 2. The average Bonchev–Trinajstić information content (AvgIpc) is 2.59. The van der Waals surface area contributed by atoms with Gasteiger partial charge in [0.25, 0.3) is 0 Å². The summed E-state index contributed by atoms with van der Waals surface area (Å²) in [5.74, 6) is -0.840. The number of carbonyl (C=O) groups excluding carboxylic acids is 2. The third-order valence-electron chi connectivity index (χ3n) is 3.48. The number of rotatable bonds is 6. The van der Waals surface area contributed by atoms with Crippen LogP contribution in [0.1, 0.15) is 12.5 Å². The van der Waals surface area contributed by atoms with Gasteiger partial charge in [0, 0.05) is 12.6 Å². The largest absolute Gasteiger partial charge is 0.326 e. The van der Waals surface area contributed by atoms with Crippen LogP contribution in [0, 0.1) is 11.3 Å². The van der Waals surface area contributed by atoms with Crippen LogP contribution in [0.25, 0.3) is 0 Å². The van der Waals surface area contributed by atoms with E-state index in [1.807, 2.05) is 6.07 Å². The number of sulfonamides is 1. The van der Waals surface area contributed by atoms with Crippen molar-refractivity contribution in [2.45, 2.75) is 6.92 Å². The highest BCUT2D eigenvalue weighted by molar-refractivity contribution is 7.92. The highest BCUT2D eigenvalue weighted by Gasteiger charge is 2.21. The van der Waals surface area contributed by atoms with Crippen molar-refractivity contribution in [1.82, 2.24) is 0 Å². The molecule has 0 heterocycles. The van der Waals surface area contributed by atoms with Crippen molar-refractivity contribution in [2.75, 3.05) is 27.7 Å². The number of nitriles is 1. The lowest BCUT2D eigenvalue weighted by molar-refractivity contribution is -0.115. The summed E-state index contributed by atoms with van der Waals surface area (Å²) in [5, 5.41) is 14.2. The molecule has 2 aromatic carbocycles. The van der Waals surface area contributed by atoms with Gasteiger partial charge in [0.15, 0.2) is 0 Å². The molecule has 0 spiro atoms. The summed E-state index contributed by atoms with van der Waals surface area (Å²) in [5.41, 5.74) is 1.36. The summed E-state index contributed by atoms with van der Waals surface area (Å²) < 4.78 is 25.2. The van der Waals surface area contributed by atoms with Crippen LogP contribution in [0.15, 0.2) is 48.5 Å². The summed E-state index contributed by atoms with van der Waals surface area (Å²) in [7, 11) is -3.74. The average molecular weight is 386 g/mol. The molecule has 0 saturated carbocycles. The van der Waals surface area contributed by atoms with Crippen molar-refractivity contribution >= 4 is 38.9 Å². The summed E-state index contributed by atoms with van der Waals surface area (Å²) in [6.45, 7) is 0.901. The highest BCUT2D eigenvalue weighted by atomic mass is 32.2. The first-order valence-electron chi connectivity index (χ1n) is 7.85. The Kier molecular flexibility index (Phi) is 6.15.